The normalized spacial score (nSPS) is 10.1. The number of anilines is 2. The molecule has 1 rings (SSSR count). The number of unbranched alkanes of at least 4 members (excludes halogenated alkanes) is 2. The summed E-state index contributed by atoms with van der Waals surface area (Å²) in [5, 5.41) is 8.98. The summed E-state index contributed by atoms with van der Waals surface area (Å²) >= 11 is 0. The molecule has 0 saturated heterocycles. The molecule has 0 unspecified atom stereocenters. The summed E-state index contributed by atoms with van der Waals surface area (Å²) in [6.07, 6.45) is 4.64. The summed E-state index contributed by atoms with van der Waals surface area (Å²) in [6, 6.07) is 7.69. The molecule has 0 heterocycles. The van der Waals surface area contributed by atoms with Crippen molar-refractivity contribution in [1.82, 2.24) is 0 Å². The van der Waals surface area contributed by atoms with Gasteiger partial charge in [-0.15, -0.1) is 0 Å². The molecule has 98 valence electrons. The number of hydrogen-bond acceptors (Lipinski definition) is 3. The smallest absolute Gasteiger partial charge is 0.0992 e. The van der Waals surface area contributed by atoms with Crippen molar-refractivity contribution >= 4 is 11.4 Å². The Morgan fingerprint density at radius 2 is 1.78 bits per heavy atom. The highest BCUT2D eigenvalue weighted by molar-refractivity contribution is 5.69. The van der Waals surface area contributed by atoms with Crippen LogP contribution in [0.1, 0.15) is 45.1 Å². The molecule has 0 amide bonds. The van der Waals surface area contributed by atoms with Gasteiger partial charge < -0.3 is 10.6 Å². The highest BCUT2D eigenvalue weighted by Crippen LogP contribution is 2.25. The van der Waals surface area contributed by atoms with Crippen molar-refractivity contribution in [3.63, 3.8) is 0 Å². The van der Waals surface area contributed by atoms with Crippen LogP contribution in [0.15, 0.2) is 18.2 Å². The molecule has 0 spiro atoms. The summed E-state index contributed by atoms with van der Waals surface area (Å²) < 4.78 is 0. The zero-order valence-electron chi connectivity index (χ0n) is 11.4. The van der Waals surface area contributed by atoms with Crippen molar-refractivity contribution in [3.05, 3.63) is 23.8 Å². The van der Waals surface area contributed by atoms with Gasteiger partial charge in [-0.3, -0.25) is 0 Å². The number of hydrogen-bond donors (Lipinski definition) is 1. The fourth-order valence-corrected chi connectivity index (χ4v) is 1.94. The number of nitrogen functional groups attached to an aromatic ring is 1. The number of nitriles is 1. The zero-order valence-corrected chi connectivity index (χ0v) is 11.4. The second kappa shape index (κ2) is 7.60. The Kier molecular flexibility index (Phi) is 6.07. The molecule has 0 aliphatic rings. The predicted molar refractivity (Wildman–Crippen MR) is 77.6 cm³/mol. The minimum absolute atomic E-state index is 0.678. The maximum atomic E-state index is 8.98. The van der Waals surface area contributed by atoms with Crippen LogP contribution in [-0.2, 0) is 0 Å². The minimum atomic E-state index is 0.678. The lowest BCUT2D eigenvalue weighted by atomic mass is 10.1. The zero-order chi connectivity index (χ0) is 13.4. The molecule has 0 atom stereocenters. The van der Waals surface area contributed by atoms with Crippen molar-refractivity contribution in [1.29, 1.82) is 5.26 Å². The van der Waals surface area contributed by atoms with Crippen LogP contribution in [0.3, 0.4) is 0 Å². The van der Waals surface area contributed by atoms with Gasteiger partial charge >= 0.3 is 0 Å². The molecule has 1 aromatic carbocycles. The lowest BCUT2D eigenvalue weighted by Crippen LogP contribution is -2.26. The topological polar surface area (TPSA) is 53.0 Å². The molecule has 0 bridgehead atoms. The van der Waals surface area contributed by atoms with Crippen LogP contribution in [-0.4, -0.2) is 13.1 Å². The van der Waals surface area contributed by atoms with Gasteiger partial charge in [-0.2, -0.15) is 5.26 Å². The summed E-state index contributed by atoms with van der Waals surface area (Å²) in [4.78, 5) is 2.31. The van der Waals surface area contributed by atoms with E-state index in [1.807, 2.05) is 12.1 Å². The molecule has 18 heavy (non-hydrogen) atoms. The van der Waals surface area contributed by atoms with Gasteiger partial charge in [0.05, 0.1) is 23.0 Å². The summed E-state index contributed by atoms with van der Waals surface area (Å²) in [7, 11) is 0. The van der Waals surface area contributed by atoms with Crippen LogP contribution < -0.4 is 10.6 Å². The lowest BCUT2D eigenvalue weighted by molar-refractivity contribution is 0.678. The summed E-state index contributed by atoms with van der Waals surface area (Å²) in [5.74, 6) is 0. The largest absolute Gasteiger partial charge is 0.397 e. The van der Waals surface area contributed by atoms with Gasteiger partial charge in [-0.05, 0) is 31.0 Å². The second-order valence-corrected chi connectivity index (χ2v) is 4.58. The third kappa shape index (κ3) is 3.96. The Morgan fingerprint density at radius 3 is 2.28 bits per heavy atom. The Bertz CT molecular complexity index is 399. The van der Waals surface area contributed by atoms with E-state index in [9.17, 15) is 0 Å². The third-order valence-corrected chi connectivity index (χ3v) is 3.06. The first kappa shape index (κ1) is 14.4. The molecule has 0 saturated carbocycles. The van der Waals surface area contributed by atoms with Gasteiger partial charge in [0.2, 0.25) is 0 Å². The van der Waals surface area contributed by atoms with Crippen molar-refractivity contribution in [2.24, 2.45) is 0 Å². The third-order valence-electron chi connectivity index (χ3n) is 3.06. The molecule has 0 aliphatic carbocycles. The van der Waals surface area contributed by atoms with Crippen LogP contribution in [0.5, 0.6) is 0 Å². The molecule has 1 aromatic rings. The van der Waals surface area contributed by atoms with Crippen LogP contribution in [0, 0.1) is 11.3 Å². The van der Waals surface area contributed by atoms with Crippen LogP contribution >= 0.6 is 0 Å². The summed E-state index contributed by atoms with van der Waals surface area (Å²) in [6.45, 7) is 6.39. The van der Waals surface area contributed by atoms with Gasteiger partial charge in [0.25, 0.3) is 0 Å². The average molecular weight is 245 g/mol. The van der Waals surface area contributed by atoms with Crippen LogP contribution in [0.25, 0.3) is 0 Å². The number of rotatable bonds is 7. The Labute approximate surface area is 110 Å². The second-order valence-electron chi connectivity index (χ2n) is 4.58. The quantitative estimate of drug-likeness (QED) is 0.747. The highest BCUT2D eigenvalue weighted by atomic mass is 15.1. The number of nitrogens with zero attached hydrogens (tertiary/aromatic N) is 2. The fraction of sp³-hybridized carbons (Fsp3) is 0.533. The van der Waals surface area contributed by atoms with Crippen molar-refractivity contribution in [2.75, 3.05) is 23.7 Å². The molecule has 3 heteroatoms. The van der Waals surface area contributed by atoms with Gasteiger partial charge in [0, 0.05) is 13.1 Å². The van der Waals surface area contributed by atoms with E-state index < -0.39 is 0 Å². The molecule has 0 fully saturated rings. The SMILES string of the molecule is CCCCN(CCCC)c1cc(C#N)ccc1N. The Hall–Kier alpha value is -1.69. The molecule has 3 nitrogen and oxygen atoms in total. The van der Waals surface area contributed by atoms with Crippen LogP contribution in [0.2, 0.25) is 0 Å². The van der Waals surface area contributed by atoms with E-state index in [0.717, 1.165) is 37.3 Å². The molecule has 2 N–H and O–H groups in total. The van der Waals surface area contributed by atoms with Gasteiger partial charge in [-0.25, -0.2) is 0 Å². The molecule has 0 aliphatic heterocycles. The maximum Gasteiger partial charge on any atom is 0.0992 e. The fourth-order valence-electron chi connectivity index (χ4n) is 1.94. The first-order valence-electron chi connectivity index (χ1n) is 6.77. The van der Waals surface area contributed by atoms with Crippen molar-refractivity contribution in [2.45, 2.75) is 39.5 Å². The number of nitrogens with two attached hydrogens (primary N) is 1. The van der Waals surface area contributed by atoms with Gasteiger partial charge in [-0.1, -0.05) is 26.7 Å². The summed E-state index contributed by atoms with van der Waals surface area (Å²) in [5.41, 5.74) is 8.49. The van der Waals surface area contributed by atoms with E-state index >= 15 is 0 Å². The Balaban J connectivity index is 2.91. The average Bonchev–Trinajstić information content (AvgIpc) is 2.40. The van der Waals surface area contributed by atoms with Crippen molar-refractivity contribution in [3.8, 4) is 6.07 Å². The van der Waals surface area contributed by atoms with Crippen LogP contribution in [0.4, 0.5) is 11.4 Å². The molecular weight excluding hydrogens is 222 g/mol. The standard InChI is InChI=1S/C15H23N3/c1-3-5-9-18(10-6-4-2)15-11-13(12-16)7-8-14(15)17/h7-8,11H,3-6,9-10,17H2,1-2H3. The van der Waals surface area contributed by atoms with Gasteiger partial charge in [0.15, 0.2) is 0 Å². The first-order chi connectivity index (χ1) is 8.72. The minimum Gasteiger partial charge on any atom is -0.397 e. The van der Waals surface area contributed by atoms with E-state index in [2.05, 4.69) is 24.8 Å². The lowest BCUT2D eigenvalue weighted by Gasteiger charge is -2.26. The van der Waals surface area contributed by atoms with Crippen molar-refractivity contribution < 1.29 is 0 Å². The van der Waals surface area contributed by atoms with E-state index in [4.69, 9.17) is 11.0 Å². The first-order valence-corrected chi connectivity index (χ1v) is 6.77. The Morgan fingerprint density at radius 1 is 1.17 bits per heavy atom. The number of benzene rings is 1. The molecular formula is C15H23N3. The van der Waals surface area contributed by atoms with Gasteiger partial charge in [0.1, 0.15) is 0 Å². The highest BCUT2D eigenvalue weighted by Gasteiger charge is 2.10. The van der Waals surface area contributed by atoms with E-state index in [1.54, 1.807) is 6.07 Å². The maximum absolute atomic E-state index is 8.98. The van der Waals surface area contributed by atoms with E-state index in [1.165, 1.54) is 12.8 Å². The molecule has 0 radical (unpaired) electrons. The predicted octanol–water partition coefficient (Wildman–Crippen LogP) is 3.55. The van der Waals surface area contributed by atoms with E-state index in [0.29, 0.717) is 5.56 Å². The monoisotopic (exact) mass is 245 g/mol. The van der Waals surface area contributed by atoms with E-state index in [-0.39, 0.29) is 0 Å². The molecule has 0 aromatic heterocycles.